The molecule has 1 aromatic heterocycles. The van der Waals surface area contributed by atoms with Gasteiger partial charge in [-0.25, -0.2) is 0 Å². The second kappa shape index (κ2) is 16.5. The third kappa shape index (κ3) is 7.74. The van der Waals surface area contributed by atoms with Crippen LogP contribution >= 0.6 is 0 Å². The lowest BCUT2D eigenvalue weighted by Crippen LogP contribution is -2.10. The van der Waals surface area contributed by atoms with Gasteiger partial charge in [0.15, 0.2) is 0 Å². The standard InChI is InChI=1S/C50H39NO.C9H12/c1-32-12-5-7-14-42(32)48-30-38(21-20-33(48)2)36-22-26-40(27-23-36)51(49-31-39-13-6-8-15-44(39)46-16-9-10-17-47(46)49)41-28-24-37(25-29-41)45-19-11-18-43-34(3)35(4)52-50(43)45;1-7-4-8(2)6-9(3)5-7/h5-31H,1-4H3;4-6H,1-3H3. The fourth-order valence-corrected chi connectivity index (χ4v) is 9.00. The highest BCUT2D eigenvalue weighted by Gasteiger charge is 2.19. The van der Waals surface area contributed by atoms with Gasteiger partial charge >= 0.3 is 0 Å². The number of nitrogens with zero attached hydrogens (tertiary/aromatic N) is 1. The van der Waals surface area contributed by atoms with Crippen molar-refractivity contribution in [1.29, 1.82) is 0 Å². The van der Waals surface area contributed by atoms with Crippen LogP contribution in [0.25, 0.3) is 65.9 Å². The Morgan fingerprint density at radius 1 is 0.361 bits per heavy atom. The van der Waals surface area contributed by atoms with Crippen LogP contribution in [0.5, 0.6) is 0 Å². The van der Waals surface area contributed by atoms with Crippen LogP contribution in [-0.4, -0.2) is 0 Å². The third-order valence-electron chi connectivity index (χ3n) is 12.1. The van der Waals surface area contributed by atoms with E-state index in [0.29, 0.717) is 0 Å². The van der Waals surface area contributed by atoms with Gasteiger partial charge in [0.05, 0.1) is 5.69 Å². The Balaban J connectivity index is 0.000000472. The zero-order chi connectivity index (χ0) is 42.2. The van der Waals surface area contributed by atoms with Crippen molar-refractivity contribution in [1.82, 2.24) is 0 Å². The van der Waals surface area contributed by atoms with Crippen molar-refractivity contribution in [2.45, 2.75) is 48.5 Å². The van der Waals surface area contributed by atoms with Crippen LogP contribution < -0.4 is 4.90 Å². The maximum absolute atomic E-state index is 6.27. The fraction of sp³-hybridized carbons (Fsp3) is 0.119. The summed E-state index contributed by atoms with van der Waals surface area (Å²) in [6.45, 7) is 14.9. The minimum atomic E-state index is 0.944. The number of fused-ring (bicyclic) bond motifs is 4. The second-order valence-electron chi connectivity index (χ2n) is 16.6. The molecule has 0 N–H and O–H groups in total. The summed E-state index contributed by atoms with van der Waals surface area (Å²) < 4.78 is 6.27. The zero-order valence-electron chi connectivity index (χ0n) is 36.2. The lowest BCUT2D eigenvalue weighted by Gasteiger charge is -2.28. The van der Waals surface area contributed by atoms with E-state index in [1.807, 2.05) is 6.92 Å². The van der Waals surface area contributed by atoms with E-state index in [1.54, 1.807) is 0 Å². The minimum absolute atomic E-state index is 0.944. The number of hydrogen-bond acceptors (Lipinski definition) is 2. The molecule has 0 bridgehead atoms. The molecule has 0 atom stereocenters. The molecular formula is C59H51NO. The van der Waals surface area contributed by atoms with Crippen molar-refractivity contribution in [3.8, 4) is 33.4 Å². The van der Waals surface area contributed by atoms with Gasteiger partial charge in [-0.1, -0.05) is 162 Å². The van der Waals surface area contributed by atoms with E-state index in [9.17, 15) is 0 Å². The first-order valence-corrected chi connectivity index (χ1v) is 21.2. The summed E-state index contributed by atoms with van der Waals surface area (Å²) in [5.41, 5.74) is 19.3. The molecule has 0 radical (unpaired) electrons. The van der Waals surface area contributed by atoms with Crippen molar-refractivity contribution in [3.63, 3.8) is 0 Å². The van der Waals surface area contributed by atoms with Crippen LogP contribution in [0.1, 0.15) is 39.1 Å². The van der Waals surface area contributed by atoms with Gasteiger partial charge in [0, 0.05) is 27.7 Å². The highest BCUT2D eigenvalue weighted by Crippen LogP contribution is 2.44. The van der Waals surface area contributed by atoms with E-state index >= 15 is 0 Å². The number of furan rings is 1. The minimum Gasteiger partial charge on any atom is -0.460 e. The average molecular weight is 790 g/mol. The maximum atomic E-state index is 6.27. The van der Waals surface area contributed by atoms with Crippen molar-refractivity contribution < 1.29 is 4.42 Å². The largest absolute Gasteiger partial charge is 0.460 e. The predicted octanol–water partition coefficient (Wildman–Crippen LogP) is 17.1. The summed E-state index contributed by atoms with van der Waals surface area (Å²) >= 11 is 0. The van der Waals surface area contributed by atoms with Crippen molar-refractivity contribution in [3.05, 3.63) is 221 Å². The molecule has 1 heterocycles. The summed E-state index contributed by atoms with van der Waals surface area (Å²) in [5.74, 6) is 0.967. The van der Waals surface area contributed by atoms with Crippen molar-refractivity contribution in [2.75, 3.05) is 4.90 Å². The molecule has 0 aliphatic carbocycles. The van der Waals surface area contributed by atoms with Gasteiger partial charge in [0.2, 0.25) is 0 Å². The Morgan fingerprint density at radius 2 is 0.885 bits per heavy atom. The van der Waals surface area contributed by atoms with Crippen LogP contribution in [0.15, 0.2) is 186 Å². The summed E-state index contributed by atoms with van der Waals surface area (Å²) in [4.78, 5) is 2.40. The van der Waals surface area contributed by atoms with Gasteiger partial charge in [0.25, 0.3) is 0 Å². The van der Waals surface area contributed by atoms with E-state index in [-0.39, 0.29) is 0 Å². The SMILES string of the molecule is Cc1cc(C)cc(C)c1.Cc1ccccc1-c1cc(-c2ccc(N(c3ccc(-c4cccc5c(C)c(C)oc45)cc3)c3cc4ccccc4c4ccccc34)cc2)ccc1C. The lowest BCUT2D eigenvalue weighted by atomic mass is 9.93. The van der Waals surface area contributed by atoms with Crippen LogP contribution in [-0.2, 0) is 0 Å². The third-order valence-corrected chi connectivity index (χ3v) is 12.1. The molecule has 0 unspecified atom stereocenters. The van der Waals surface area contributed by atoms with Gasteiger partial charge in [-0.3, -0.25) is 0 Å². The Hall–Kier alpha value is -7.16. The van der Waals surface area contributed by atoms with Gasteiger partial charge in [-0.05, 0) is 146 Å². The molecule has 0 fully saturated rings. The van der Waals surface area contributed by atoms with Crippen LogP contribution in [0.2, 0.25) is 0 Å². The zero-order valence-corrected chi connectivity index (χ0v) is 36.2. The Bertz CT molecular complexity index is 3150. The molecule has 0 spiro atoms. The molecule has 0 saturated heterocycles. The lowest BCUT2D eigenvalue weighted by molar-refractivity contribution is 0.576. The molecule has 10 aromatic rings. The molecule has 0 aliphatic heterocycles. The van der Waals surface area contributed by atoms with Gasteiger partial charge < -0.3 is 9.32 Å². The molecule has 0 amide bonds. The molecule has 9 aromatic carbocycles. The number of rotatable bonds is 6. The van der Waals surface area contributed by atoms with E-state index < -0.39 is 0 Å². The number of benzene rings is 9. The van der Waals surface area contributed by atoms with E-state index in [2.05, 4.69) is 228 Å². The molecule has 2 nitrogen and oxygen atoms in total. The van der Waals surface area contributed by atoms with E-state index in [1.165, 1.54) is 82.6 Å². The first kappa shape index (κ1) is 39.3. The quantitative estimate of drug-likeness (QED) is 0.156. The number of anilines is 3. The second-order valence-corrected chi connectivity index (χ2v) is 16.6. The topological polar surface area (TPSA) is 16.4 Å². The number of para-hydroxylation sites is 1. The summed E-state index contributed by atoms with van der Waals surface area (Å²) in [6, 6.07) is 66.2. The molecule has 0 saturated carbocycles. The molecule has 0 aliphatic rings. The van der Waals surface area contributed by atoms with Gasteiger partial charge in [-0.2, -0.15) is 0 Å². The predicted molar refractivity (Wildman–Crippen MR) is 262 cm³/mol. The first-order valence-electron chi connectivity index (χ1n) is 21.2. The Kier molecular flexibility index (Phi) is 10.6. The van der Waals surface area contributed by atoms with E-state index in [0.717, 1.165) is 39.5 Å². The smallest absolute Gasteiger partial charge is 0.142 e. The molecule has 298 valence electrons. The molecular weight excluding hydrogens is 739 g/mol. The van der Waals surface area contributed by atoms with Crippen LogP contribution in [0.3, 0.4) is 0 Å². The first-order chi connectivity index (χ1) is 29.6. The highest BCUT2D eigenvalue weighted by molar-refractivity contribution is 6.14. The van der Waals surface area contributed by atoms with Crippen molar-refractivity contribution >= 4 is 49.6 Å². The van der Waals surface area contributed by atoms with Crippen molar-refractivity contribution in [2.24, 2.45) is 0 Å². The molecule has 61 heavy (non-hydrogen) atoms. The maximum Gasteiger partial charge on any atom is 0.142 e. The summed E-state index contributed by atoms with van der Waals surface area (Å²) in [7, 11) is 0. The summed E-state index contributed by atoms with van der Waals surface area (Å²) in [6.07, 6.45) is 0. The number of aryl methyl sites for hydroxylation is 7. The van der Waals surface area contributed by atoms with Gasteiger partial charge in [0.1, 0.15) is 11.3 Å². The van der Waals surface area contributed by atoms with Crippen LogP contribution in [0, 0.1) is 48.5 Å². The Morgan fingerprint density at radius 3 is 1.56 bits per heavy atom. The Labute approximate surface area is 360 Å². The summed E-state index contributed by atoms with van der Waals surface area (Å²) in [5, 5.41) is 6.10. The highest BCUT2D eigenvalue weighted by atomic mass is 16.3. The normalized spacial score (nSPS) is 11.2. The molecule has 10 rings (SSSR count). The van der Waals surface area contributed by atoms with E-state index in [4.69, 9.17) is 4.42 Å². The monoisotopic (exact) mass is 789 g/mol. The molecule has 2 heteroatoms. The fourth-order valence-electron chi connectivity index (χ4n) is 9.00. The average Bonchev–Trinajstić information content (AvgIpc) is 3.57. The number of hydrogen-bond donors (Lipinski definition) is 0. The van der Waals surface area contributed by atoms with Crippen LogP contribution in [0.4, 0.5) is 17.1 Å². The van der Waals surface area contributed by atoms with Gasteiger partial charge in [-0.15, -0.1) is 0 Å².